The molecule has 1 aliphatic heterocycles. The van der Waals surface area contributed by atoms with E-state index in [0.717, 1.165) is 16.5 Å². The van der Waals surface area contributed by atoms with Crippen molar-refractivity contribution in [2.75, 3.05) is 12.6 Å². The SMILES string of the molecule is Cn1cc(CN2C[C@@H]3C[C@@]4(C)[C@@H]5C[C@H](F)C6=CC(=O)C=C[C@]6(C)[C@@]5(F)[C@@H](O)C[C@]4(C)[C@]3(C(=O)SCF)O2)c2ccccc21. The zero-order chi connectivity index (χ0) is 30.7. The van der Waals surface area contributed by atoms with Crippen LogP contribution in [0.4, 0.5) is 13.2 Å². The summed E-state index contributed by atoms with van der Waals surface area (Å²) >= 11 is 0.543. The van der Waals surface area contributed by atoms with Crippen LogP contribution in [0.3, 0.4) is 0 Å². The number of hydrogen-bond donors (Lipinski definition) is 1. The number of carbonyl (C=O) groups is 2. The van der Waals surface area contributed by atoms with Crippen LogP contribution in [0.1, 0.15) is 45.6 Å². The Balaban J connectivity index is 1.31. The number of halogens is 3. The van der Waals surface area contributed by atoms with Crippen molar-refractivity contribution in [3.63, 3.8) is 0 Å². The van der Waals surface area contributed by atoms with Gasteiger partial charge in [-0.2, -0.15) is 5.06 Å². The number of aromatic nitrogens is 1. The lowest BCUT2D eigenvalue weighted by Crippen LogP contribution is -2.73. The highest BCUT2D eigenvalue weighted by Gasteiger charge is 2.83. The van der Waals surface area contributed by atoms with E-state index in [0.29, 0.717) is 31.3 Å². The third kappa shape index (κ3) is 3.44. The fraction of sp³-hybridized carbons (Fsp3) is 0.576. The van der Waals surface area contributed by atoms with Crippen LogP contribution >= 0.6 is 11.8 Å². The van der Waals surface area contributed by atoms with Gasteiger partial charge in [0.05, 0.1) is 12.6 Å². The monoisotopic (exact) mass is 614 g/mol. The molecule has 2 heterocycles. The van der Waals surface area contributed by atoms with Gasteiger partial charge in [0.1, 0.15) is 12.2 Å². The van der Waals surface area contributed by atoms with E-state index in [9.17, 15) is 19.1 Å². The first-order valence-electron chi connectivity index (χ1n) is 14.9. The number of ketones is 1. The molecule has 4 fully saturated rings. The summed E-state index contributed by atoms with van der Waals surface area (Å²) in [5.74, 6) is -1.81. The van der Waals surface area contributed by atoms with E-state index in [-0.39, 0.29) is 18.4 Å². The molecule has 9 atom stereocenters. The minimum absolute atomic E-state index is 0.0551. The molecule has 10 heteroatoms. The molecule has 1 N–H and O–H groups in total. The summed E-state index contributed by atoms with van der Waals surface area (Å²) < 4.78 is 49.7. The molecule has 0 bridgehead atoms. The zero-order valence-electron chi connectivity index (χ0n) is 24.8. The smallest absolute Gasteiger partial charge is 0.226 e. The Hall–Kier alpha value is -2.40. The molecule has 1 saturated heterocycles. The molecule has 0 unspecified atom stereocenters. The van der Waals surface area contributed by atoms with E-state index in [1.165, 1.54) is 18.2 Å². The van der Waals surface area contributed by atoms with E-state index < -0.39 is 68.5 Å². The number of carbonyl (C=O) groups excluding carboxylic acids is 2. The summed E-state index contributed by atoms with van der Waals surface area (Å²) in [5, 5.41) is 14.1. The standard InChI is InChI=1S/C33H37F3N2O4S/c1-29-10-9-21(39)11-23(29)24(35)12-26-30(2)13-20-17-38(16-19-15-37(4)25-8-6-5-7-22(19)25)42-33(20,28(41)43-18-34)31(30,3)14-27(40)32(26,29)36/h5-11,15,20,24,26-27,40H,12-14,16-18H2,1-4H3/t20-,24-,26-,27-,29-,30-,31-,32-,33-/m0/s1. The van der Waals surface area contributed by atoms with Gasteiger partial charge >= 0.3 is 0 Å². The third-order valence-corrected chi connectivity index (χ3v) is 12.9. The highest BCUT2D eigenvalue weighted by molar-refractivity contribution is 8.13. The molecule has 7 rings (SSSR count). The van der Waals surface area contributed by atoms with Crippen molar-refractivity contribution in [2.24, 2.45) is 35.1 Å². The normalized spacial score (nSPS) is 43.7. The van der Waals surface area contributed by atoms with Gasteiger partial charge in [-0.05, 0) is 61.0 Å². The van der Waals surface area contributed by atoms with Crippen molar-refractivity contribution in [2.45, 2.75) is 70.1 Å². The van der Waals surface area contributed by atoms with Crippen LogP contribution in [-0.4, -0.2) is 61.7 Å². The number of aliphatic hydroxyl groups is 1. The average Bonchev–Trinajstić information content (AvgIpc) is 3.54. The molecule has 1 aromatic carbocycles. The predicted molar refractivity (Wildman–Crippen MR) is 158 cm³/mol. The Morgan fingerprint density at radius 2 is 1.95 bits per heavy atom. The quantitative estimate of drug-likeness (QED) is 0.471. The topological polar surface area (TPSA) is 71.8 Å². The first-order chi connectivity index (χ1) is 20.3. The molecule has 0 spiro atoms. The number of aliphatic hydroxyl groups excluding tert-OH is 1. The minimum atomic E-state index is -2.29. The Morgan fingerprint density at radius 3 is 2.70 bits per heavy atom. The molecule has 3 saturated carbocycles. The van der Waals surface area contributed by atoms with Crippen molar-refractivity contribution >= 4 is 33.6 Å². The minimum Gasteiger partial charge on any atom is -0.390 e. The lowest BCUT2D eigenvalue weighted by Gasteiger charge is -2.67. The molecule has 43 heavy (non-hydrogen) atoms. The second-order valence-corrected chi connectivity index (χ2v) is 14.8. The Labute approximate surface area is 253 Å². The molecule has 230 valence electrons. The summed E-state index contributed by atoms with van der Waals surface area (Å²) in [5.41, 5.74) is -5.34. The average molecular weight is 615 g/mol. The lowest BCUT2D eigenvalue weighted by molar-refractivity contribution is -0.286. The predicted octanol–water partition coefficient (Wildman–Crippen LogP) is 5.79. The van der Waals surface area contributed by atoms with E-state index in [1.54, 1.807) is 12.0 Å². The van der Waals surface area contributed by atoms with E-state index in [4.69, 9.17) is 4.84 Å². The fourth-order valence-corrected chi connectivity index (χ4v) is 10.9. The van der Waals surface area contributed by atoms with Crippen LogP contribution in [0.2, 0.25) is 0 Å². The molecule has 6 nitrogen and oxygen atoms in total. The molecule has 1 aromatic heterocycles. The van der Waals surface area contributed by atoms with Crippen molar-refractivity contribution < 1.29 is 32.7 Å². The molecular weight excluding hydrogens is 577 g/mol. The van der Waals surface area contributed by atoms with E-state index in [1.807, 2.05) is 55.9 Å². The molecule has 5 aliphatic rings. The van der Waals surface area contributed by atoms with Gasteiger partial charge in [-0.25, -0.2) is 13.2 Å². The van der Waals surface area contributed by atoms with Gasteiger partial charge in [-0.1, -0.05) is 49.9 Å². The number of alkyl halides is 3. The number of fused-ring (bicyclic) bond motifs is 8. The van der Waals surface area contributed by atoms with Crippen LogP contribution < -0.4 is 0 Å². The fourth-order valence-electron chi connectivity index (χ4n) is 10.1. The summed E-state index contributed by atoms with van der Waals surface area (Å²) in [6.45, 7) is 6.04. The maximum atomic E-state index is 17.8. The lowest BCUT2D eigenvalue weighted by atomic mass is 9.40. The number of benzene rings is 1. The van der Waals surface area contributed by atoms with Crippen molar-refractivity contribution in [3.05, 3.63) is 59.8 Å². The third-order valence-electron chi connectivity index (χ3n) is 12.3. The maximum Gasteiger partial charge on any atom is 0.226 e. The van der Waals surface area contributed by atoms with Crippen molar-refractivity contribution in [1.82, 2.24) is 9.63 Å². The van der Waals surface area contributed by atoms with E-state index >= 15 is 8.78 Å². The van der Waals surface area contributed by atoms with Crippen LogP contribution in [0.15, 0.2) is 54.3 Å². The second kappa shape index (κ2) is 9.31. The number of thioether (sulfide) groups is 1. The number of hydroxylamine groups is 2. The summed E-state index contributed by atoms with van der Waals surface area (Å²) in [7, 11) is 1.97. The number of para-hydroxylation sites is 1. The van der Waals surface area contributed by atoms with Gasteiger partial charge < -0.3 is 9.67 Å². The van der Waals surface area contributed by atoms with Gasteiger partial charge in [-0.15, -0.1) is 0 Å². The summed E-state index contributed by atoms with van der Waals surface area (Å²) in [6.07, 6.45) is 2.69. The summed E-state index contributed by atoms with van der Waals surface area (Å²) in [6, 6.07) is 7.06. The van der Waals surface area contributed by atoms with Gasteiger partial charge in [0.25, 0.3) is 0 Å². The highest BCUT2D eigenvalue weighted by Crippen LogP contribution is 2.78. The summed E-state index contributed by atoms with van der Waals surface area (Å²) in [4.78, 5) is 33.0. The largest absolute Gasteiger partial charge is 0.390 e. The van der Waals surface area contributed by atoms with Gasteiger partial charge in [0, 0.05) is 53.4 Å². The van der Waals surface area contributed by atoms with Gasteiger partial charge in [-0.3, -0.25) is 14.4 Å². The Bertz CT molecular complexity index is 1610. The molecule has 0 radical (unpaired) electrons. The molecule has 0 amide bonds. The molecule has 2 aromatic rings. The number of aryl methyl sites for hydroxylation is 1. The number of nitrogens with zero attached hydrogens (tertiary/aromatic N) is 2. The van der Waals surface area contributed by atoms with Crippen LogP contribution in [0.25, 0.3) is 10.9 Å². The van der Waals surface area contributed by atoms with Crippen molar-refractivity contribution in [3.8, 4) is 0 Å². The maximum absolute atomic E-state index is 17.8. The molecule has 4 aliphatic carbocycles. The van der Waals surface area contributed by atoms with Crippen molar-refractivity contribution in [1.29, 1.82) is 0 Å². The number of rotatable bonds is 4. The second-order valence-electron chi connectivity index (χ2n) is 13.9. The molecular formula is C33H37F3N2O4S. The van der Waals surface area contributed by atoms with Gasteiger partial charge in [0.2, 0.25) is 5.12 Å². The highest BCUT2D eigenvalue weighted by atomic mass is 32.2. The zero-order valence-corrected chi connectivity index (χ0v) is 25.6. The van der Waals surface area contributed by atoms with Gasteiger partial charge in [0.15, 0.2) is 17.1 Å². The van der Waals surface area contributed by atoms with Crippen LogP contribution in [0, 0.1) is 28.1 Å². The number of allylic oxidation sites excluding steroid dienone is 4. The first kappa shape index (κ1) is 29.3. The van der Waals surface area contributed by atoms with Crippen LogP contribution in [-0.2, 0) is 28.0 Å². The Morgan fingerprint density at radius 1 is 1.21 bits per heavy atom. The number of hydrogen-bond acceptors (Lipinski definition) is 6. The Kier molecular flexibility index (Phi) is 6.35. The van der Waals surface area contributed by atoms with E-state index in [2.05, 4.69) is 0 Å². The first-order valence-corrected chi connectivity index (χ1v) is 15.9. The van der Waals surface area contributed by atoms with Crippen LogP contribution in [0.5, 0.6) is 0 Å².